The largest absolute Gasteiger partial charge is 0.481 e. The summed E-state index contributed by atoms with van der Waals surface area (Å²) >= 11 is 0. The number of hydrogen-bond acceptors (Lipinski definition) is 3. The molecule has 1 aromatic rings. The Morgan fingerprint density at radius 2 is 2.35 bits per heavy atom. The Morgan fingerprint density at radius 1 is 1.55 bits per heavy atom. The fourth-order valence-electron chi connectivity index (χ4n) is 3.28. The summed E-state index contributed by atoms with van der Waals surface area (Å²) in [6, 6.07) is 0. The maximum atomic E-state index is 11.7. The first kappa shape index (κ1) is 15.0. The predicted octanol–water partition coefficient (Wildman–Crippen LogP) is 1.93. The molecule has 1 atom stereocenters. The van der Waals surface area contributed by atoms with E-state index in [0.717, 1.165) is 51.0 Å². The first-order chi connectivity index (χ1) is 9.57. The zero-order chi connectivity index (χ0) is 14.6. The molecular weight excluding hydrogens is 254 g/mol. The van der Waals surface area contributed by atoms with Crippen LogP contribution in [-0.2, 0) is 18.3 Å². The second-order valence-electron chi connectivity index (χ2n) is 5.92. The topological polar surface area (TPSA) is 58.4 Å². The molecule has 1 N–H and O–H groups in total. The molecule has 1 aliphatic rings. The smallest absolute Gasteiger partial charge is 0.310 e. The highest BCUT2D eigenvalue weighted by Gasteiger charge is 2.41. The minimum Gasteiger partial charge on any atom is -0.481 e. The normalized spacial score (nSPS) is 23.9. The predicted molar refractivity (Wildman–Crippen MR) is 77.6 cm³/mol. The highest BCUT2D eigenvalue weighted by atomic mass is 16.4. The average molecular weight is 279 g/mol. The van der Waals surface area contributed by atoms with Crippen molar-refractivity contribution in [1.29, 1.82) is 0 Å². The lowest BCUT2D eigenvalue weighted by atomic mass is 9.76. The lowest BCUT2D eigenvalue weighted by Crippen LogP contribution is -2.48. The Morgan fingerprint density at radius 3 is 2.95 bits per heavy atom. The summed E-state index contributed by atoms with van der Waals surface area (Å²) in [5.41, 5.74) is -0.533. The first-order valence-electron chi connectivity index (χ1n) is 7.49. The van der Waals surface area contributed by atoms with Crippen LogP contribution in [-0.4, -0.2) is 45.2 Å². The van der Waals surface area contributed by atoms with Gasteiger partial charge in [-0.25, -0.2) is 4.98 Å². The number of aryl methyl sites for hydroxylation is 1. The molecule has 2 heterocycles. The van der Waals surface area contributed by atoms with E-state index >= 15 is 0 Å². The number of imidazole rings is 1. The van der Waals surface area contributed by atoms with Crippen molar-refractivity contribution in [3.05, 3.63) is 18.2 Å². The van der Waals surface area contributed by atoms with Crippen molar-refractivity contribution < 1.29 is 9.90 Å². The number of aliphatic carboxylic acids is 1. The third kappa shape index (κ3) is 3.20. The van der Waals surface area contributed by atoms with Crippen molar-refractivity contribution in [3.63, 3.8) is 0 Å². The fourth-order valence-corrected chi connectivity index (χ4v) is 3.28. The molecule has 1 saturated heterocycles. The van der Waals surface area contributed by atoms with Crippen molar-refractivity contribution in [2.24, 2.45) is 12.5 Å². The summed E-state index contributed by atoms with van der Waals surface area (Å²) in [7, 11) is 2.00. The van der Waals surface area contributed by atoms with Gasteiger partial charge in [0.05, 0.1) is 5.41 Å². The van der Waals surface area contributed by atoms with Gasteiger partial charge in [0.1, 0.15) is 5.82 Å². The van der Waals surface area contributed by atoms with E-state index in [2.05, 4.69) is 16.8 Å². The van der Waals surface area contributed by atoms with E-state index in [4.69, 9.17) is 0 Å². The minimum atomic E-state index is -0.624. The van der Waals surface area contributed by atoms with Gasteiger partial charge in [0.2, 0.25) is 0 Å². The van der Waals surface area contributed by atoms with Gasteiger partial charge in [-0.05, 0) is 25.8 Å². The van der Waals surface area contributed by atoms with Crippen LogP contribution in [0.1, 0.15) is 38.4 Å². The molecule has 0 aliphatic carbocycles. The van der Waals surface area contributed by atoms with Gasteiger partial charge in [0.25, 0.3) is 0 Å². The number of piperidine rings is 1. The molecule has 5 heteroatoms. The molecule has 0 radical (unpaired) electrons. The van der Waals surface area contributed by atoms with Crippen LogP contribution in [0, 0.1) is 5.41 Å². The molecule has 1 aromatic heterocycles. The quantitative estimate of drug-likeness (QED) is 0.864. The summed E-state index contributed by atoms with van der Waals surface area (Å²) < 4.78 is 2.03. The molecule has 1 aliphatic heterocycles. The van der Waals surface area contributed by atoms with E-state index in [9.17, 15) is 9.90 Å². The monoisotopic (exact) mass is 279 g/mol. The van der Waals surface area contributed by atoms with Gasteiger partial charge in [-0.3, -0.25) is 4.79 Å². The van der Waals surface area contributed by atoms with E-state index in [0.29, 0.717) is 6.54 Å². The third-order valence-electron chi connectivity index (χ3n) is 4.41. The zero-order valence-corrected chi connectivity index (χ0v) is 12.5. The highest BCUT2D eigenvalue weighted by molar-refractivity contribution is 5.75. The van der Waals surface area contributed by atoms with Gasteiger partial charge in [0, 0.05) is 39.0 Å². The summed E-state index contributed by atoms with van der Waals surface area (Å²) in [5, 5.41) is 9.59. The first-order valence-corrected chi connectivity index (χ1v) is 7.49. The second-order valence-corrected chi connectivity index (χ2v) is 5.92. The van der Waals surface area contributed by atoms with Gasteiger partial charge in [-0.1, -0.05) is 13.3 Å². The Balaban J connectivity index is 1.96. The molecule has 5 nitrogen and oxygen atoms in total. The molecule has 0 amide bonds. The van der Waals surface area contributed by atoms with E-state index in [1.165, 1.54) is 0 Å². The van der Waals surface area contributed by atoms with Crippen LogP contribution in [0.3, 0.4) is 0 Å². The van der Waals surface area contributed by atoms with Crippen molar-refractivity contribution in [1.82, 2.24) is 14.5 Å². The second kappa shape index (κ2) is 6.39. The van der Waals surface area contributed by atoms with Crippen molar-refractivity contribution in [2.45, 2.75) is 39.0 Å². The molecule has 2 rings (SSSR count). The van der Waals surface area contributed by atoms with Crippen molar-refractivity contribution in [2.75, 3.05) is 19.6 Å². The molecular formula is C15H25N3O2. The molecule has 1 unspecified atom stereocenters. The SMILES string of the molecule is CCCC1(C(=O)O)CCCN(CCc2nccn2C)C1. The summed E-state index contributed by atoms with van der Waals surface area (Å²) in [6.45, 7) is 4.64. The number of carboxylic acid groups (broad SMARTS) is 1. The fraction of sp³-hybridized carbons (Fsp3) is 0.733. The highest BCUT2D eigenvalue weighted by Crippen LogP contribution is 2.35. The molecule has 1 fully saturated rings. The summed E-state index contributed by atoms with van der Waals surface area (Å²) in [4.78, 5) is 18.3. The molecule has 0 aromatic carbocycles. The molecule has 0 spiro atoms. The van der Waals surface area contributed by atoms with Gasteiger partial charge in [0.15, 0.2) is 0 Å². The molecule has 20 heavy (non-hydrogen) atoms. The number of rotatable bonds is 6. The van der Waals surface area contributed by atoms with Crippen molar-refractivity contribution in [3.8, 4) is 0 Å². The Bertz CT molecular complexity index is 454. The van der Waals surface area contributed by atoms with Crippen LogP contribution >= 0.6 is 0 Å². The van der Waals surface area contributed by atoms with Gasteiger partial charge < -0.3 is 14.6 Å². The molecule has 0 saturated carbocycles. The maximum Gasteiger partial charge on any atom is 0.310 e. The van der Waals surface area contributed by atoms with E-state index < -0.39 is 11.4 Å². The molecule has 0 bridgehead atoms. The number of carbonyl (C=O) groups is 1. The van der Waals surface area contributed by atoms with Crippen LogP contribution in [0.15, 0.2) is 12.4 Å². The third-order valence-corrected chi connectivity index (χ3v) is 4.41. The Labute approximate surface area is 120 Å². The van der Waals surface area contributed by atoms with E-state index in [1.807, 2.05) is 24.0 Å². The minimum absolute atomic E-state index is 0.533. The van der Waals surface area contributed by atoms with Gasteiger partial charge >= 0.3 is 5.97 Å². The summed E-state index contributed by atoms with van der Waals surface area (Å²) in [6.07, 6.45) is 8.14. The standard InChI is InChI=1S/C15H25N3O2/c1-3-6-15(14(19)20)7-4-9-18(12-15)10-5-13-16-8-11-17(13)2/h8,11H,3-7,9-10,12H2,1-2H3,(H,19,20). The molecule has 112 valence electrons. The van der Waals surface area contributed by atoms with Crippen LogP contribution in [0.5, 0.6) is 0 Å². The van der Waals surface area contributed by atoms with Gasteiger partial charge in [-0.15, -0.1) is 0 Å². The van der Waals surface area contributed by atoms with Crippen LogP contribution in [0.4, 0.5) is 0 Å². The summed E-state index contributed by atoms with van der Waals surface area (Å²) in [5.74, 6) is 0.438. The number of nitrogens with zero attached hydrogens (tertiary/aromatic N) is 3. The Hall–Kier alpha value is -1.36. The van der Waals surface area contributed by atoms with E-state index in [-0.39, 0.29) is 0 Å². The van der Waals surface area contributed by atoms with Gasteiger partial charge in [-0.2, -0.15) is 0 Å². The van der Waals surface area contributed by atoms with E-state index in [1.54, 1.807) is 0 Å². The number of likely N-dealkylation sites (tertiary alicyclic amines) is 1. The Kier molecular flexibility index (Phi) is 4.81. The zero-order valence-electron chi connectivity index (χ0n) is 12.5. The number of aromatic nitrogens is 2. The van der Waals surface area contributed by atoms with Crippen molar-refractivity contribution >= 4 is 5.97 Å². The lowest BCUT2D eigenvalue weighted by molar-refractivity contribution is -0.153. The van der Waals surface area contributed by atoms with Crippen LogP contribution in [0.2, 0.25) is 0 Å². The number of hydrogen-bond donors (Lipinski definition) is 1. The average Bonchev–Trinajstić information content (AvgIpc) is 2.82. The van der Waals surface area contributed by atoms with Crippen LogP contribution < -0.4 is 0 Å². The van der Waals surface area contributed by atoms with Crippen LogP contribution in [0.25, 0.3) is 0 Å². The number of carboxylic acids is 1. The lowest BCUT2D eigenvalue weighted by Gasteiger charge is -2.40. The maximum absolute atomic E-state index is 11.7.